The van der Waals surface area contributed by atoms with Crippen LogP contribution < -0.4 is 0 Å². The number of ether oxygens (including phenoxy) is 2. The zero-order valence-corrected chi connectivity index (χ0v) is 15.3. The first-order valence-corrected chi connectivity index (χ1v) is 11.2. The van der Waals surface area contributed by atoms with Crippen LogP contribution >= 0.6 is 11.8 Å². The minimum absolute atomic E-state index is 0.0748. The first kappa shape index (κ1) is 17.5. The van der Waals surface area contributed by atoms with Gasteiger partial charge in [0.2, 0.25) is 0 Å². The molecule has 0 spiro atoms. The molecule has 0 aromatic heterocycles. The number of hydrogen-bond acceptors (Lipinski definition) is 4. The quantitative estimate of drug-likeness (QED) is 0.386. The second-order valence-corrected chi connectivity index (χ2v) is 12.5. The predicted molar refractivity (Wildman–Crippen MR) is 85.4 cm³/mol. The molecule has 0 aromatic carbocycles. The highest BCUT2D eigenvalue weighted by atomic mass is 32.2. The smallest absolute Gasteiger partial charge is 0.192 e. The Morgan fingerprint density at radius 3 is 1.95 bits per heavy atom. The molecule has 2 atom stereocenters. The predicted octanol–water partition coefficient (Wildman–Crippen LogP) is 3.89. The molecule has 0 aromatic rings. The standard InChI is InChI=1S/C14H30O3SSi/c1-8-15-13(16-9-2)12(11-10-18-11)17-19(6,7)14(3,4)5/h11-13H,8-10H2,1-7H3/t11-,12-/m1/s1. The molecule has 114 valence electrons. The first-order chi connectivity index (χ1) is 8.73. The van der Waals surface area contributed by atoms with Gasteiger partial charge in [0, 0.05) is 24.2 Å². The van der Waals surface area contributed by atoms with Gasteiger partial charge < -0.3 is 13.9 Å². The van der Waals surface area contributed by atoms with Crippen LogP contribution in [0.5, 0.6) is 0 Å². The van der Waals surface area contributed by atoms with Gasteiger partial charge in [-0.05, 0) is 32.0 Å². The molecule has 1 rings (SSSR count). The Labute approximate surface area is 123 Å². The van der Waals surface area contributed by atoms with E-state index in [1.54, 1.807) is 0 Å². The van der Waals surface area contributed by atoms with E-state index < -0.39 is 8.32 Å². The Hall–Kier alpha value is 0.447. The summed E-state index contributed by atoms with van der Waals surface area (Å²) < 4.78 is 18.1. The van der Waals surface area contributed by atoms with Crippen molar-refractivity contribution in [3.8, 4) is 0 Å². The van der Waals surface area contributed by atoms with Gasteiger partial charge in [0.15, 0.2) is 14.6 Å². The third-order valence-corrected chi connectivity index (χ3v) is 9.35. The van der Waals surface area contributed by atoms with E-state index in [4.69, 9.17) is 13.9 Å². The zero-order valence-electron chi connectivity index (χ0n) is 13.5. The molecular weight excluding hydrogens is 276 g/mol. The summed E-state index contributed by atoms with van der Waals surface area (Å²) in [4.78, 5) is 0. The van der Waals surface area contributed by atoms with Crippen molar-refractivity contribution in [3.05, 3.63) is 0 Å². The normalized spacial score (nSPS) is 21.8. The first-order valence-electron chi connectivity index (χ1n) is 7.25. The molecule has 0 unspecified atom stereocenters. The maximum absolute atomic E-state index is 6.56. The van der Waals surface area contributed by atoms with Gasteiger partial charge in [-0.3, -0.25) is 0 Å². The van der Waals surface area contributed by atoms with Crippen LogP contribution in [0.3, 0.4) is 0 Å². The Kier molecular flexibility index (Phi) is 6.39. The SMILES string of the molecule is CCOC(OCC)[C@H](O[Si](C)(C)C(C)(C)C)[C@H]1CS1. The molecule has 5 heteroatoms. The van der Waals surface area contributed by atoms with Crippen molar-refractivity contribution >= 4 is 20.1 Å². The van der Waals surface area contributed by atoms with Crippen LogP contribution in [0, 0.1) is 0 Å². The fourth-order valence-corrected chi connectivity index (χ4v) is 3.72. The minimum Gasteiger partial charge on any atom is -0.408 e. The van der Waals surface area contributed by atoms with Gasteiger partial charge >= 0.3 is 0 Å². The molecule has 0 amide bonds. The Bertz CT molecular complexity index is 268. The summed E-state index contributed by atoms with van der Waals surface area (Å²) in [6, 6.07) is 0. The lowest BCUT2D eigenvalue weighted by Gasteiger charge is -2.41. The molecular formula is C14H30O3SSi. The fraction of sp³-hybridized carbons (Fsp3) is 1.00. The van der Waals surface area contributed by atoms with Crippen LogP contribution in [0.1, 0.15) is 34.6 Å². The van der Waals surface area contributed by atoms with Crippen molar-refractivity contribution in [2.75, 3.05) is 19.0 Å². The molecule has 1 aliphatic rings. The largest absolute Gasteiger partial charge is 0.408 e. The summed E-state index contributed by atoms with van der Waals surface area (Å²) in [5.74, 6) is 1.16. The third kappa shape index (κ3) is 5.05. The third-order valence-electron chi connectivity index (χ3n) is 3.89. The second kappa shape index (κ2) is 6.94. The van der Waals surface area contributed by atoms with E-state index in [1.165, 1.54) is 0 Å². The van der Waals surface area contributed by atoms with E-state index in [0.717, 1.165) is 5.75 Å². The second-order valence-electron chi connectivity index (χ2n) is 6.49. The minimum atomic E-state index is -1.78. The van der Waals surface area contributed by atoms with Crippen LogP contribution in [0.25, 0.3) is 0 Å². The highest BCUT2D eigenvalue weighted by Gasteiger charge is 2.46. The molecule has 0 aliphatic carbocycles. The Morgan fingerprint density at radius 2 is 1.63 bits per heavy atom. The summed E-state index contributed by atoms with van der Waals surface area (Å²) in [7, 11) is -1.78. The molecule has 0 bridgehead atoms. The maximum atomic E-state index is 6.56. The molecule has 19 heavy (non-hydrogen) atoms. The van der Waals surface area contributed by atoms with Gasteiger partial charge in [0.25, 0.3) is 0 Å². The Balaban J connectivity index is 2.76. The van der Waals surface area contributed by atoms with E-state index in [2.05, 4.69) is 33.9 Å². The zero-order chi connectivity index (χ0) is 14.7. The summed E-state index contributed by atoms with van der Waals surface area (Å²) in [6.45, 7) is 16.7. The lowest BCUT2D eigenvalue weighted by molar-refractivity contribution is -0.182. The molecule has 1 saturated heterocycles. The average Bonchev–Trinajstić information content (AvgIpc) is 3.08. The van der Waals surface area contributed by atoms with Crippen molar-refractivity contribution in [1.29, 1.82) is 0 Å². The summed E-state index contributed by atoms with van der Waals surface area (Å²) in [5.41, 5.74) is 0. The summed E-state index contributed by atoms with van der Waals surface area (Å²) in [6.07, 6.45) is -0.144. The van der Waals surface area contributed by atoms with Crippen molar-refractivity contribution in [2.24, 2.45) is 0 Å². The summed E-state index contributed by atoms with van der Waals surface area (Å²) >= 11 is 1.94. The Morgan fingerprint density at radius 1 is 1.16 bits per heavy atom. The van der Waals surface area contributed by atoms with E-state index in [-0.39, 0.29) is 17.4 Å². The molecule has 0 saturated carbocycles. The molecule has 1 fully saturated rings. The highest BCUT2D eigenvalue weighted by Crippen LogP contribution is 2.43. The van der Waals surface area contributed by atoms with Gasteiger partial charge in [-0.25, -0.2) is 0 Å². The van der Waals surface area contributed by atoms with Crippen LogP contribution in [0.15, 0.2) is 0 Å². The number of hydrogen-bond donors (Lipinski definition) is 0. The summed E-state index contributed by atoms with van der Waals surface area (Å²) in [5, 5.41) is 0.755. The van der Waals surface area contributed by atoms with Crippen molar-refractivity contribution < 1.29 is 13.9 Å². The van der Waals surface area contributed by atoms with Gasteiger partial charge in [-0.1, -0.05) is 20.8 Å². The van der Waals surface area contributed by atoms with Crippen molar-refractivity contribution in [1.82, 2.24) is 0 Å². The molecule has 0 radical (unpaired) electrons. The van der Waals surface area contributed by atoms with Gasteiger partial charge in [0.05, 0.1) is 0 Å². The van der Waals surface area contributed by atoms with Crippen LogP contribution in [-0.2, 0) is 13.9 Å². The van der Waals surface area contributed by atoms with Crippen LogP contribution in [0.2, 0.25) is 18.1 Å². The van der Waals surface area contributed by atoms with Crippen LogP contribution in [-0.4, -0.2) is 44.9 Å². The maximum Gasteiger partial charge on any atom is 0.192 e. The number of thioether (sulfide) groups is 1. The van der Waals surface area contributed by atoms with Crippen LogP contribution in [0.4, 0.5) is 0 Å². The van der Waals surface area contributed by atoms with Gasteiger partial charge in [-0.15, -0.1) is 0 Å². The topological polar surface area (TPSA) is 27.7 Å². The van der Waals surface area contributed by atoms with Gasteiger partial charge in [-0.2, -0.15) is 11.8 Å². The molecule has 1 aliphatic heterocycles. The van der Waals surface area contributed by atoms with Gasteiger partial charge in [0.1, 0.15) is 6.10 Å². The molecule has 0 N–H and O–H groups in total. The van der Waals surface area contributed by atoms with E-state index in [9.17, 15) is 0 Å². The van der Waals surface area contributed by atoms with E-state index in [0.29, 0.717) is 18.5 Å². The van der Waals surface area contributed by atoms with E-state index in [1.807, 2.05) is 25.6 Å². The lowest BCUT2D eigenvalue weighted by atomic mass is 10.2. The fourth-order valence-electron chi connectivity index (χ4n) is 1.64. The average molecular weight is 307 g/mol. The van der Waals surface area contributed by atoms with E-state index >= 15 is 0 Å². The van der Waals surface area contributed by atoms with Crippen molar-refractivity contribution in [2.45, 2.75) is 70.4 Å². The molecule has 3 nitrogen and oxygen atoms in total. The number of rotatable bonds is 8. The highest BCUT2D eigenvalue weighted by molar-refractivity contribution is 8.07. The van der Waals surface area contributed by atoms with Crippen molar-refractivity contribution in [3.63, 3.8) is 0 Å². The lowest BCUT2D eigenvalue weighted by Crippen LogP contribution is -2.50. The molecule has 1 heterocycles. The monoisotopic (exact) mass is 306 g/mol.